The Bertz CT molecular complexity index is 392. The van der Waals surface area contributed by atoms with Gasteiger partial charge in [0.1, 0.15) is 0 Å². The van der Waals surface area contributed by atoms with Crippen molar-refractivity contribution >= 4 is 11.7 Å². The number of anilines is 1. The third-order valence-electron chi connectivity index (χ3n) is 3.32. The van der Waals surface area contributed by atoms with Gasteiger partial charge in [-0.2, -0.15) is 5.10 Å². The van der Waals surface area contributed by atoms with Crippen molar-refractivity contribution in [1.82, 2.24) is 9.78 Å². The monoisotopic (exact) mass is 223 g/mol. The fourth-order valence-electron chi connectivity index (χ4n) is 2.27. The van der Waals surface area contributed by atoms with Gasteiger partial charge < -0.3 is 10.8 Å². The molecule has 1 aliphatic carbocycles. The number of nitrogens with two attached hydrogens (primary N) is 1. The molecule has 1 aromatic heterocycles. The number of rotatable bonds is 2. The highest BCUT2D eigenvalue weighted by molar-refractivity contribution is 5.91. The Morgan fingerprint density at radius 2 is 2.12 bits per heavy atom. The lowest BCUT2D eigenvalue weighted by Crippen LogP contribution is -2.17. The zero-order valence-electron chi connectivity index (χ0n) is 9.39. The standard InChI is InChI=1S/C11H17N3O2/c1-7-2-4-8(5-3-7)14-6-9(12)10(13-14)11(15)16/h6-8H,2-5,12H2,1H3,(H,15,16). The molecule has 0 atom stereocenters. The van der Waals surface area contributed by atoms with Crippen molar-refractivity contribution in [2.24, 2.45) is 5.92 Å². The SMILES string of the molecule is CC1CCC(n2cc(N)c(C(=O)O)n2)CC1. The first-order chi connectivity index (χ1) is 7.58. The van der Waals surface area contributed by atoms with Crippen molar-refractivity contribution in [3.05, 3.63) is 11.9 Å². The van der Waals surface area contributed by atoms with Crippen LogP contribution >= 0.6 is 0 Å². The number of aromatic nitrogens is 2. The Kier molecular flexibility index (Phi) is 2.85. The topological polar surface area (TPSA) is 81.1 Å². The second-order valence-electron chi connectivity index (χ2n) is 4.63. The summed E-state index contributed by atoms with van der Waals surface area (Å²) in [5.41, 5.74) is 5.84. The van der Waals surface area contributed by atoms with Crippen LogP contribution < -0.4 is 5.73 Å². The molecule has 0 amide bonds. The number of aromatic carboxylic acids is 1. The first-order valence-electron chi connectivity index (χ1n) is 5.66. The molecule has 0 saturated heterocycles. The minimum absolute atomic E-state index is 0.0291. The van der Waals surface area contributed by atoms with E-state index in [1.807, 2.05) is 0 Å². The fraction of sp³-hybridized carbons (Fsp3) is 0.636. The summed E-state index contributed by atoms with van der Waals surface area (Å²) in [7, 11) is 0. The molecule has 16 heavy (non-hydrogen) atoms. The highest BCUT2D eigenvalue weighted by Gasteiger charge is 2.22. The van der Waals surface area contributed by atoms with Crippen molar-refractivity contribution in [2.45, 2.75) is 38.6 Å². The van der Waals surface area contributed by atoms with Crippen LogP contribution in [0.1, 0.15) is 49.1 Å². The highest BCUT2D eigenvalue weighted by atomic mass is 16.4. The van der Waals surface area contributed by atoms with E-state index in [-0.39, 0.29) is 11.4 Å². The van der Waals surface area contributed by atoms with Crippen LogP contribution in [0.5, 0.6) is 0 Å². The van der Waals surface area contributed by atoms with Gasteiger partial charge in [-0.15, -0.1) is 0 Å². The van der Waals surface area contributed by atoms with Gasteiger partial charge in [-0.3, -0.25) is 4.68 Å². The Balaban J connectivity index is 2.15. The summed E-state index contributed by atoms with van der Waals surface area (Å²) in [5.74, 6) is -0.288. The van der Waals surface area contributed by atoms with Crippen LogP contribution in [0.25, 0.3) is 0 Å². The molecule has 1 saturated carbocycles. The highest BCUT2D eigenvalue weighted by Crippen LogP contribution is 2.32. The second-order valence-corrected chi connectivity index (χ2v) is 4.63. The summed E-state index contributed by atoms with van der Waals surface area (Å²) in [6.45, 7) is 2.25. The lowest BCUT2D eigenvalue weighted by atomic mass is 9.87. The third-order valence-corrected chi connectivity index (χ3v) is 3.32. The largest absolute Gasteiger partial charge is 0.476 e. The van der Waals surface area contributed by atoms with Gasteiger partial charge in [-0.25, -0.2) is 4.79 Å². The molecule has 88 valence electrons. The van der Waals surface area contributed by atoms with Gasteiger partial charge >= 0.3 is 5.97 Å². The number of hydrogen-bond donors (Lipinski definition) is 2. The summed E-state index contributed by atoms with van der Waals surface area (Å²) in [6.07, 6.45) is 6.10. The molecule has 1 aromatic rings. The van der Waals surface area contributed by atoms with Gasteiger partial charge in [0, 0.05) is 6.20 Å². The van der Waals surface area contributed by atoms with Crippen LogP contribution in [0.3, 0.4) is 0 Å². The van der Waals surface area contributed by atoms with E-state index >= 15 is 0 Å². The molecule has 3 N–H and O–H groups in total. The molecule has 1 heterocycles. The maximum atomic E-state index is 10.8. The van der Waals surface area contributed by atoms with Crippen LogP contribution in [-0.4, -0.2) is 20.9 Å². The first-order valence-corrected chi connectivity index (χ1v) is 5.66. The van der Waals surface area contributed by atoms with E-state index in [4.69, 9.17) is 10.8 Å². The van der Waals surface area contributed by atoms with Crippen molar-refractivity contribution in [2.75, 3.05) is 5.73 Å². The molecule has 0 unspecified atom stereocenters. The minimum Gasteiger partial charge on any atom is -0.476 e. The summed E-state index contributed by atoms with van der Waals surface area (Å²) in [6, 6.07) is 0.312. The molecule has 2 rings (SSSR count). The third kappa shape index (κ3) is 2.03. The average molecular weight is 223 g/mol. The van der Waals surface area contributed by atoms with E-state index in [2.05, 4.69) is 12.0 Å². The molecule has 0 aliphatic heterocycles. The van der Waals surface area contributed by atoms with Crippen molar-refractivity contribution in [3.8, 4) is 0 Å². The lowest BCUT2D eigenvalue weighted by molar-refractivity contribution is 0.0690. The number of carbonyl (C=O) groups is 1. The Morgan fingerprint density at radius 1 is 1.50 bits per heavy atom. The van der Waals surface area contributed by atoms with E-state index in [1.54, 1.807) is 10.9 Å². The van der Waals surface area contributed by atoms with Crippen molar-refractivity contribution in [1.29, 1.82) is 0 Å². The van der Waals surface area contributed by atoms with Crippen LogP contribution in [0.2, 0.25) is 0 Å². The second kappa shape index (κ2) is 4.15. The number of carboxylic acid groups (broad SMARTS) is 1. The summed E-state index contributed by atoms with van der Waals surface area (Å²) in [5, 5.41) is 12.9. The Labute approximate surface area is 94.2 Å². The van der Waals surface area contributed by atoms with Gasteiger partial charge in [-0.05, 0) is 31.6 Å². The minimum atomic E-state index is -1.06. The van der Waals surface area contributed by atoms with Gasteiger partial charge in [0.2, 0.25) is 0 Å². The fourth-order valence-corrected chi connectivity index (χ4v) is 2.27. The maximum Gasteiger partial charge on any atom is 0.358 e. The van der Waals surface area contributed by atoms with E-state index in [0.29, 0.717) is 6.04 Å². The molecule has 0 spiro atoms. The molecular formula is C11H17N3O2. The van der Waals surface area contributed by atoms with E-state index in [1.165, 1.54) is 12.8 Å². The van der Waals surface area contributed by atoms with E-state index in [9.17, 15) is 4.79 Å². The van der Waals surface area contributed by atoms with Crippen molar-refractivity contribution in [3.63, 3.8) is 0 Å². The van der Waals surface area contributed by atoms with E-state index < -0.39 is 5.97 Å². The zero-order chi connectivity index (χ0) is 11.7. The normalized spacial score (nSPS) is 25.6. The van der Waals surface area contributed by atoms with Gasteiger partial charge in [0.05, 0.1) is 11.7 Å². The predicted molar refractivity (Wildman–Crippen MR) is 60.3 cm³/mol. The molecule has 5 nitrogen and oxygen atoms in total. The Hall–Kier alpha value is -1.52. The van der Waals surface area contributed by atoms with E-state index in [0.717, 1.165) is 18.8 Å². The molecular weight excluding hydrogens is 206 g/mol. The molecule has 0 aromatic carbocycles. The smallest absolute Gasteiger partial charge is 0.358 e. The number of nitrogens with zero attached hydrogens (tertiary/aromatic N) is 2. The van der Waals surface area contributed by atoms with Gasteiger partial charge in [0.15, 0.2) is 5.69 Å². The predicted octanol–water partition coefficient (Wildman–Crippen LogP) is 1.91. The van der Waals surface area contributed by atoms with Crippen LogP contribution in [-0.2, 0) is 0 Å². The first kappa shape index (κ1) is 11.0. The number of carboxylic acids is 1. The van der Waals surface area contributed by atoms with Crippen molar-refractivity contribution < 1.29 is 9.90 Å². The summed E-state index contributed by atoms with van der Waals surface area (Å²) >= 11 is 0. The molecule has 1 fully saturated rings. The number of hydrogen-bond acceptors (Lipinski definition) is 3. The lowest BCUT2D eigenvalue weighted by Gasteiger charge is -2.26. The maximum absolute atomic E-state index is 10.8. The van der Waals surface area contributed by atoms with Gasteiger partial charge in [0.25, 0.3) is 0 Å². The summed E-state index contributed by atoms with van der Waals surface area (Å²) in [4.78, 5) is 10.8. The summed E-state index contributed by atoms with van der Waals surface area (Å²) < 4.78 is 1.73. The Morgan fingerprint density at radius 3 is 2.62 bits per heavy atom. The van der Waals surface area contributed by atoms with Crippen LogP contribution in [0, 0.1) is 5.92 Å². The molecule has 0 radical (unpaired) electrons. The quantitative estimate of drug-likeness (QED) is 0.802. The number of nitrogen functional groups attached to an aromatic ring is 1. The van der Waals surface area contributed by atoms with Gasteiger partial charge in [-0.1, -0.05) is 6.92 Å². The average Bonchev–Trinajstić information content (AvgIpc) is 2.61. The van der Waals surface area contributed by atoms with Crippen LogP contribution in [0.4, 0.5) is 5.69 Å². The molecule has 0 bridgehead atoms. The van der Waals surface area contributed by atoms with Crippen LogP contribution in [0.15, 0.2) is 6.20 Å². The molecule has 1 aliphatic rings. The molecule has 5 heteroatoms. The zero-order valence-corrected chi connectivity index (χ0v) is 9.39.